The van der Waals surface area contributed by atoms with Crippen LogP contribution in [0.4, 0.5) is 0 Å². The molecule has 0 bridgehead atoms. The monoisotopic (exact) mass is 318 g/mol. The molecule has 1 fully saturated rings. The zero-order chi connectivity index (χ0) is 17.4. The predicted molar refractivity (Wildman–Crippen MR) is 103 cm³/mol. The topological polar surface area (TPSA) is 6.48 Å². The van der Waals surface area contributed by atoms with Crippen LogP contribution in [0.3, 0.4) is 0 Å². The number of nitrogens with zero attached hydrogens (tertiary/aromatic N) is 2. The Bertz CT molecular complexity index is 439. The Morgan fingerprint density at radius 2 is 1.78 bits per heavy atom. The van der Waals surface area contributed by atoms with Crippen molar-refractivity contribution in [1.29, 1.82) is 0 Å². The van der Waals surface area contributed by atoms with Gasteiger partial charge in [0.15, 0.2) is 0 Å². The molecule has 2 nitrogen and oxygen atoms in total. The van der Waals surface area contributed by atoms with E-state index in [1.807, 2.05) is 13.8 Å². The minimum Gasteiger partial charge on any atom is -0.301 e. The van der Waals surface area contributed by atoms with Crippen LogP contribution in [0.5, 0.6) is 0 Å². The fraction of sp³-hybridized carbons (Fsp3) is 0.714. The van der Waals surface area contributed by atoms with E-state index in [0.717, 1.165) is 6.54 Å². The summed E-state index contributed by atoms with van der Waals surface area (Å²) >= 11 is 0. The number of hydrogen-bond donors (Lipinski definition) is 0. The molecule has 1 aliphatic heterocycles. The first-order valence-electron chi connectivity index (χ1n) is 9.56. The Kier molecular flexibility index (Phi) is 8.86. The number of likely N-dealkylation sites (N-methyl/N-ethyl adjacent to an activating group) is 1. The van der Waals surface area contributed by atoms with Crippen LogP contribution in [0.25, 0.3) is 0 Å². The van der Waals surface area contributed by atoms with E-state index in [-0.39, 0.29) is 0 Å². The van der Waals surface area contributed by atoms with E-state index in [9.17, 15) is 0 Å². The summed E-state index contributed by atoms with van der Waals surface area (Å²) in [5, 5.41) is 0. The smallest absolute Gasteiger partial charge is 0.0250 e. The summed E-state index contributed by atoms with van der Waals surface area (Å²) in [6.45, 7) is 21.5. The summed E-state index contributed by atoms with van der Waals surface area (Å²) in [4.78, 5) is 5.28. The molecule has 0 aromatic heterocycles. The predicted octanol–water partition coefficient (Wildman–Crippen LogP) is 5.00. The summed E-state index contributed by atoms with van der Waals surface area (Å²) in [6, 6.07) is 9.84. The van der Waals surface area contributed by atoms with Gasteiger partial charge in [-0.25, -0.2) is 0 Å². The van der Waals surface area contributed by atoms with Crippen molar-refractivity contribution in [2.24, 2.45) is 5.92 Å². The number of benzene rings is 1. The Morgan fingerprint density at radius 3 is 2.35 bits per heavy atom. The van der Waals surface area contributed by atoms with Crippen molar-refractivity contribution in [3.05, 3.63) is 35.4 Å². The van der Waals surface area contributed by atoms with Crippen molar-refractivity contribution in [3.63, 3.8) is 0 Å². The van der Waals surface area contributed by atoms with Crippen LogP contribution in [-0.2, 0) is 6.54 Å². The number of piperazine rings is 1. The normalized spacial score (nSPS) is 19.8. The molecular weight excluding hydrogens is 280 g/mol. The second-order valence-corrected chi connectivity index (χ2v) is 7.07. The van der Waals surface area contributed by atoms with Crippen LogP contribution in [0, 0.1) is 5.92 Å². The van der Waals surface area contributed by atoms with Gasteiger partial charge in [0.05, 0.1) is 0 Å². The maximum atomic E-state index is 2.69. The average molecular weight is 319 g/mol. The molecule has 1 atom stereocenters. The Morgan fingerprint density at radius 1 is 1.09 bits per heavy atom. The van der Waals surface area contributed by atoms with Gasteiger partial charge in [-0.05, 0) is 29.5 Å². The molecule has 1 heterocycles. The lowest BCUT2D eigenvalue weighted by atomic mass is 9.97. The van der Waals surface area contributed by atoms with Gasteiger partial charge in [0.25, 0.3) is 0 Å². The standard InChI is InChI=1S/C19H32N2.C2H6/c1-6-20-10-11-21(19(14-20)16(4)5)13-17-8-7-9-18(12-17)15(2)3;1-2/h7-9,12,15-16,19H,6,10-11,13-14H2,1-5H3;1-2H3/t19-;/m1./s1. The molecule has 1 aromatic carbocycles. The summed E-state index contributed by atoms with van der Waals surface area (Å²) in [5.41, 5.74) is 2.93. The quantitative estimate of drug-likeness (QED) is 0.754. The van der Waals surface area contributed by atoms with Crippen molar-refractivity contribution in [2.75, 3.05) is 26.2 Å². The lowest BCUT2D eigenvalue weighted by Gasteiger charge is -2.43. The molecular formula is C21H38N2. The van der Waals surface area contributed by atoms with E-state index in [0.29, 0.717) is 17.9 Å². The van der Waals surface area contributed by atoms with Gasteiger partial charge in [0.1, 0.15) is 0 Å². The van der Waals surface area contributed by atoms with E-state index in [2.05, 4.69) is 68.7 Å². The minimum atomic E-state index is 0.614. The maximum Gasteiger partial charge on any atom is 0.0250 e. The first kappa shape index (κ1) is 20.2. The van der Waals surface area contributed by atoms with Gasteiger partial charge >= 0.3 is 0 Å². The molecule has 0 unspecified atom stereocenters. The highest BCUT2D eigenvalue weighted by Gasteiger charge is 2.28. The molecule has 0 radical (unpaired) electrons. The summed E-state index contributed by atoms with van der Waals surface area (Å²) < 4.78 is 0. The van der Waals surface area contributed by atoms with Crippen LogP contribution >= 0.6 is 0 Å². The third kappa shape index (κ3) is 5.93. The van der Waals surface area contributed by atoms with E-state index in [1.54, 1.807) is 0 Å². The fourth-order valence-corrected chi connectivity index (χ4v) is 3.31. The van der Waals surface area contributed by atoms with Gasteiger partial charge in [0.2, 0.25) is 0 Å². The zero-order valence-electron chi connectivity index (χ0n) is 16.5. The summed E-state index contributed by atoms with van der Waals surface area (Å²) in [7, 11) is 0. The van der Waals surface area contributed by atoms with Crippen LogP contribution in [0.15, 0.2) is 24.3 Å². The molecule has 0 aliphatic carbocycles. The number of rotatable bonds is 5. The summed E-state index contributed by atoms with van der Waals surface area (Å²) in [5.74, 6) is 1.33. The van der Waals surface area contributed by atoms with Crippen LogP contribution in [0.2, 0.25) is 0 Å². The molecule has 1 saturated heterocycles. The van der Waals surface area contributed by atoms with Gasteiger partial charge in [-0.1, -0.05) is 72.7 Å². The fourth-order valence-electron chi connectivity index (χ4n) is 3.31. The van der Waals surface area contributed by atoms with E-state index < -0.39 is 0 Å². The molecule has 0 spiro atoms. The van der Waals surface area contributed by atoms with Gasteiger partial charge in [-0.2, -0.15) is 0 Å². The highest BCUT2D eigenvalue weighted by Crippen LogP contribution is 2.22. The number of hydrogen-bond acceptors (Lipinski definition) is 2. The Labute approximate surface area is 144 Å². The second-order valence-electron chi connectivity index (χ2n) is 7.07. The molecule has 23 heavy (non-hydrogen) atoms. The molecule has 1 aliphatic rings. The first-order valence-corrected chi connectivity index (χ1v) is 9.56. The molecule has 2 heteroatoms. The third-order valence-corrected chi connectivity index (χ3v) is 4.84. The highest BCUT2D eigenvalue weighted by atomic mass is 15.3. The second kappa shape index (κ2) is 10.1. The van der Waals surface area contributed by atoms with Gasteiger partial charge in [-0.15, -0.1) is 0 Å². The zero-order valence-corrected chi connectivity index (χ0v) is 16.5. The maximum absolute atomic E-state index is 2.69. The van der Waals surface area contributed by atoms with Crippen LogP contribution < -0.4 is 0 Å². The van der Waals surface area contributed by atoms with E-state index in [1.165, 1.54) is 37.3 Å². The first-order chi connectivity index (χ1) is 11.0. The van der Waals surface area contributed by atoms with Crippen molar-refractivity contribution >= 4 is 0 Å². The largest absolute Gasteiger partial charge is 0.301 e. The van der Waals surface area contributed by atoms with Gasteiger partial charge in [-0.3, -0.25) is 4.90 Å². The molecule has 0 amide bonds. The lowest BCUT2D eigenvalue weighted by molar-refractivity contribution is 0.0469. The van der Waals surface area contributed by atoms with Crippen molar-refractivity contribution < 1.29 is 0 Å². The molecule has 0 N–H and O–H groups in total. The third-order valence-electron chi connectivity index (χ3n) is 4.84. The van der Waals surface area contributed by atoms with Crippen molar-refractivity contribution in [3.8, 4) is 0 Å². The minimum absolute atomic E-state index is 0.614. The summed E-state index contributed by atoms with van der Waals surface area (Å²) in [6.07, 6.45) is 0. The van der Waals surface area contributed by atoms with Crippen LogP contribution in [0.1, 0.15) is 65.5 Å². The molecule has 0 saturated carbocycles. The van der Waals surface area contributed by atoms with Crippen molar-refractivity contribution in [1.82, 2.24) is 9.80 Å². The molecule has 132 valence electrons. The molecule has 2 rings (SSSR count). The highest BCUT2D eigenvalue weighted by molar-refractivity contribution is 5.25. The van der Waals surface area contributed by atoms with Crippen LogP contribution in [-0.4, -0.2) is 42.0 Å². The van der Waals surface area contributed by atoms with Crippen molar-refractivity contribution in [2.45, 2.75) is 67.0 Å². The lowest BCUT2D eigenvalue weighted by Crippen LogP contribution is -2.54. The van der Waals surface area contributed by atoms with Gasteiger partial charge < -0.3 is 4.90 Å². The van der Waals surface area contributed by atoms with E-state index >= 15 is 0 Å². The Balaban J connectivity index is 0.00000127. The Hall–Kier alpha value is -0.860. The average Bonchev–Trinajstić information content (AvgIpc) is 2.57. The van der Waals surface area contributed by atoms with Gasteiger partial charge in [0, 0.05) is 32.2 Å². The van der Waals surface area contributed by atoms with E-state index in [4.69, 9.17) is 0 Å². The molecule has 1 aromatic rings. The SMILES string of the molecule is CC.CCN1CCN(Cc2cccc(C(C)C)c2)[C@@H](C(C)C)C1.